The molecule has 1 aromatic heterocycles. The largest absolute Gasteiger partial charge is 0.495 e. The van der Waals surface area contributed by atoms with Crippen LogP contribution in [0.3, 0.4) is 0 Å². The molecule has 0 radical (unpaired) electrons. The maximum absolute atomic E-state index is 13.8. The van der Waals surface area contributed by atoms with E-state index >= 15 is 0 Å². The number of benzene rings is 2. The van der Waals surface area contributed by atoms with Gasteiger partial charge in [0.1, 0.15) is 5.75 Å². The van der Waals surface area contributed by atoms with E-state index in [-0.39, 0.29) is 11.7 Å². The molecule has 4 rings (SSSR count). The molecule has 10 heteroatoms. The SMILES string of the molecule is COc1c(I)cc(/C=c2\sc3n(c2=O)[C@H](c2ccc(SC)cc2)C(C(=O)OC(C)C)=C(C)N=3)cc1I. The summed E-state index contributed by atoms with van der Waals surface area (Å²) in [7, 11) is 1.65. The summed E-state index contributed by atoms with van der Waals surface area (Å²) in [6.07, 6.45) is 3.59. The maximum Gasteiger partial charge on any atom is 0.338 e. The smallest absolute Gasteiger partial charge is 0.338 e. The van der Waals surface area contributed by atoms with Crippen molar-refractivity contribution in [2.24, 2.45) is 4.99 Å². The van der Waals surface area contributed by atoms with E-state index in [0.717, 1.165) is 28.9 Å². The van der Waals surface area contributed by atoms with Gasteiger partial charge in [-0.15, -0.1) is 11.8 Å². The topological polar surface area (TPSA) is 69.9 Å². The number of carbonyl (C=O) groups excluding carboxylic acids is 1. The van der Waals surface area contributed by atoms with Gasteiger partial charge in [0.2, 0.25) is 0 Å². The second-order valence-corrected chi connectivity index (χ2v) is 12.5. The van der Waals surface area contributed by atoms with E-state index in [1.807, 2.05) is 62.6 Å². The highest BCUT2D eigenvalue weighted by atomic mass is 127. The standard InChI is InChI=1S/C26H24I2N2O4S2/c1-13(2)34-25(32)21-14(3)29-26-30(22(21)16-6-8-17(35-5)9-7-16)24(31)20(36-26)12-15-10-18(27)23(33-4)19(28)11-15/h6-13,22H,1-5H3/b20-12-/t22-/m1/s1. The monoisotopic (exact) mass is 746 g/mol. The molecule has 1 atom stereocenters. The summed E-state index contributed by atoms with van der Waals surface area (Å²) in [5, 5.41) is 0. The molecule has 0 N–H and O–H groups in total. The van der Waals surface area contributed by atoms with Gasteiger partial charge in [0, 0.05) is 4.90 Å². The number of ether oxygens (including phenoxy) is 2. The van der Waals surface area contributed by atoms with Gasteiger partial charge < -0.3 is 9.47 Å². The highest BCUT2D eigenvalue weighted by Crippen LogP contribution is 2.32. The van der Waals surface area contributed by atoms with Crippen molar-refractivity contribution in [3.63, 3.8) is 0 Å². The van der Waals surface area contributed by atoms with Gasteiger partial charge in [-0.3, -0.25) is 9.36 Å². The highest BCUT2D eigenvalue weighted by molar-refractivity contribution is 14.1. The van der Waals surface area contributed by atoms with E-state index in [9.17, 15) is 9.59 Å². The Bertz CT molecular complexity index is 1520. The second-order valence-electron chi connectivity index (χ2n) is 8.33. The number of esters is 1. The van der Waals surface area contributed by atoms with Gasteiger partial charge in [0.15, 0.2) is 4.80 Å². The van der Waals surface area contributed by atoms with E-state index in [1.54, 1.807) is 30.4 Å². The van der Waals surface area contributed by atoms with E-state index in [2.05, 4.69) is 50.2 Å². The van der Waals surface area contributed by atoms with Crippen molar-refractivity contribution in [2.75, 3.05) is 13.4 Å². The molecule has 0 bridgehead atoms. The van der Waals surface area contributed by atoms with Gasteiger partial charge in [-0.05, 0) is 114 Å². The molecule has 2 aromatic carbocycles. The Kier molecular flexibility index (Phi) is 8.67. The Hall–Kier alpha value is -1.64. The first kappa shape index (κ1) is 27.4. The van der Waals surface area contributed by atoms with Crippen LogP contribution in [-0.2, 0) is 9.53 Å². The zero-order valence-electron chi connectivity index (χ0n) is 20.3. The number of thioether (sulfide) groups is 1. The Morgan fingerprint density at radius 1 is 1.19 bits per heavy atom. The number of aromatic nitrogens is 1. The molecule has 0 amide bonds. The fourth-order valence-corrected chi connectivity index (χ4v) is 7.68. The quantitative estimate of drug-likeness (QED) is 0.199. The van der Waals surface area contributed by atoms with Crippen LogP contribution in [0.2, 0.25) is 0 Å². The van der Waals surface area contributed by atoms with Gasteiger partial charge in [0.05, 0.1) is 42.2 Å². The van der Waals surface area contributed by atoms with Gasteiger partial charge in [0.25, 0.3) is 5.56 Å². The third-order valence-corrected chi connectivity index (χ3v) is 8.87. The van der Waals surface area contributed by atoms with Crippen LogP contribution >= 0.6 is 68.3 Å². The minimum absolute atomic E-state index is 0.194. The number of nitrogens with zero attached hydrogens (tertiary/aromatic N) is 2. The molecule has 1 aliphatic heterocycles. The molecular weight excluding hydrogens is 722 g/mol. The zero-order chi connectivity index (χ0) is 26.1. The maximum atomic E-state index is 13.8. The molecule has 0 spiro atoms. The molecule has 0 aliphatic carbocycles. The van der Waals surface area contributed by atoms with E-state index in [4.69, 9.17) is 9.47 Å². The molecule has 0 saturated heterocycles. The summed E-state index contributed by atoms with van der Waals surface area (Å²) in [6.45, 7) is 5.41. The number of methoxy groups -OCH3 is 1. The zero-order valence-corrected chi connectivity index (χ0v) is 26.2. The summed E-state index contributed by atoms with van der Waals surface area (Å²) < 4.78 is 15.1. The molecule has 0 fully saturated rings. The van der Waals surface area contributed by atoms with E-state index in [1.165, 1.54) is 11.3 Å². The van der Waals surface area contributed by atoms with Crippen molar-refractivity contribution in [1.82, 2.24) is 4.57 Å². The lowest BCUT2D eigenvalue weighted by Crippen LogP contribution is -2.40. The van der Waals surface area contributed by atoms with Crippen molar-refractivity contribution in [1.29, 1.82) is 0 Å². The van der Waals surface area contributed by atoms with Crippen LogP contribution in [0.4, 0.5) is 0 Å². The Balaban J connectivity index is 1.93. The first-order valence-corrected chi connectivity index (χ1v) is 15.2. The normalized spacial score (nSPS) is 15.7. The van der Waals surface area contributed by atoms with Gasteiger partial charge in [-0.25, -0.2) is 9.79 Å². The number of hydrogen-bond acceptors (Lipinski definition) is 7. The third-order valence-electron chi connectivity index (χ3n) is 5.54. The lowest BCUT2D eigenvalue weighted by molar-refractivity contribution is -0.143. The number of carbonyl (C=O) groups is 1. The van der Waals surface area contributed by atoms with E-state index < -0.39 is 12.0 Å². The summed E-state index contributed by atoms with van der Waals surface area (Å²) in [4.78, 5) is 33.3. The Labute approximate surface area is 244 Å². The van der Waals surface area contributed by atoms with Crippen LogP contribution in [0.25, 0.3) is 6.08 Å². The molecular formula is C26H24I2N2O4S2. The van der Waals surface area contributed by atoms with Crippen molar-refractivity contribution < 1.29 is 14.3 Å². The Morgan fingerprint density at radius 3 is 2.39 bits per heavy atom. The van der Waals surface area contributed by atoms with Crippen molar-refractivity contribution in [3.05, 3.63) is 85.6 Å². The molecule has 3 aromatic rings. The first-order valence-electron chi connectivity index (χ1n) is 11.0. The fourth-order valence-electron chi connectivity index (χ4n) is 3.97. The predicted octanol–water partition coefficient (Wildman–Crippen LogP) is 5.13. The molecule has 1 aliphatic rings. The number of halogens is 2. The van der Waals surface area contributed by atoms with Crippen molar-refractivity contribution >= 4 is 80.3 Å². The predicted molar refractivity (Wildman–Crippen MR) is 162 cm³/mol. The fraction of sp³-hybridized carbons (Fsp3) is 0.269. The molecule has 188 valence electrons. The minimum Gasteiger partial charge on any atom is -0.495 e. The lowest BCUT2D eigenvalue weighted by Gasteiger charge is -2.25. The first-order chi connectivity index (χ1) is 17.1. The van der Waals surface area contributed by atoms with Crippen LogP contribution in [0.1, 0.15) is 37.9 Å². The summed E-state index contributed by atoms with van der Waals surface area (Å²) in [5.74, 6) is 0.353. The van der Waals surface area contributed by atoms with Crippen LogP contribution in [0.5, 0.6) is 5.75 Å². The number of thiazole rings is 1. The Morgan fingerprint density at radius 2 is 1.83 bits per heavy atom. The lowest BCUT2D eigenvalue weighted by atomic mass is 9.96. The highest BCUT2D eigenvalue weighted by Gasteiger charge is 2.33. The summed E-state index contributed by atoms with van der Waals surface area (Å²) in [6, 6.07) is 11.3. The molecule has 6 nitrogen and oxygen atoms in total. The molecule has 0 unspecified atom stereocenters. The van der Waals surface area contributed by atoms with Gasteiger partial charge in [-0.1, -0.05) is 23.5 Å². The number of hydrogen-bond donors (Lipinski definition) is 0. The molecule has 2 heterocycles. The van der Waals surface area contributed by atoms with Crippen molar-refractivity contribution in [2.45, 2.75) is 37.8 Å². The summed E-state index contributed by atoms with van der Waals surface area (Å²) in [5.41, 5.74) is 2.47. The molecule has 36 heavy (non-hydrogen) atoms. The van der Waals surface area contributed by atoms with Gasteiger partial charge >= 0.3 is 5.97 Å². The number of rotatable bonds is 6. The van der Waals surface area contributed by atoms with Crippen LogP contribution in [0.15, 0.2) is 62.4 Å². The second kappa shape index (κ2) is 11.4. The number of allylic oxidation sites excluding steroid dienone is 1. The summed E-state index contributed by atoms with van der Waals surface area (Å²) >= 11 is 7.41. The van der Waals surface area contributed by atoms with Crippen molar-refractivity contribution in [3.8, 4) is 5.75 Å². The number of fused-ring (bicyclic) bond motifs is 1. The van der Waals surface area contributed by atoms with Crippen LogP contribution in [0, 0.1) is 7.14 Å². The molecule has 0 saturated carbocycles. The average molecular weight is 746 g/mol. The van der Waals surface area contributed by atoms with E-state index in [0.29, 0.717) is 20.6 Å². The third kappa shape index (κ3) is 5.46. The van der Waals surface area contributed by atoms with Crippen LogP contribution < -0.4 is 19.6 Å². The van der Waals surface area contributed by atoms with Gasteiger partial charge in [-0.2, -0.15) is 0 Å². The minimum atomic E-state index is -0.623. The average Bonchev–Trinajstić information content (AvgIpc) is 3.12. The van der Waals surface area contributed by atoms with Crippen LogP contribution in [-0.4, -0.2) is 30.0 Å².